The minimum absolute atomic E-state index is 0. The molecule has 0 radical (unpaired) electrons. The molecule has 1 atom stereocenters. The van der Waals surface area contributed by atoms with Crippen LogP contribution in [0.15, 0.2) is 0 Å². The van der Waals surface area contributed by atoms with Gasteiger partial charge in [0.1, 0.15) is 0 Å². The lowest BCUT2D eigenvalue weighted by Gasteiger charge is -2.35. The first-order chi connectivity index (χ1) is 9.90. The number of nitrogens with zero attached hydrogens (tertiary/aromatic N) is 2. The monoisotopic (exact) mass is 315 g/mol. The molecule has 21 heavy (non-hydrogen) atoms. The molecule has 0 aromatic heterocycles. The molecule has 124 valence electrons. The number of likely N-dealkylation sites (tertiary alicyclic amines) is 2. The van der Waals surface area contributed by atoms with Gasteiger partial charge in [-0.05, 0) is 103 Å². The number of piperidine rings is 2. The standard InChI is InChI=1S/C17H33N3.ClH/c1-2-10-20(9-1)15-17-6-12-19(13-7-17)11-5-16-4-3-8-18-14-16;/h16-18H,1-15H2;1H. The van der Waals surface area contributed by atoms with E-state index in [0.29, 0.717) is 0 Å². The van der Waals surface area contributed by atoms with Crippen molar-refractivity contribution in [2.75, 3.05) is 52.4 Å². The highest BCUT2D eigenvalue weighted by molar-refractivity contribution is 5.85. The normalized spacial score (nSPS) is 29.4. The van der Waals surface area contributed by atoms with Crippen LogP contribution in [0.2, 0.25) is 0 Å². The van der Waals surface area contributed by atoms with Crippen LogP contribution < -0.4 is 5.32 Å². The summed E-state index contributed by atoms with van der Waals surface area (Å²) in [6, 6.07) is 0. The number of rotatable bonds is 5. The molecule has 0 aliphatic carbocycles. The third-order valence-electron chi connectivity index (χ3n) is 5.67. The second-order valence-electron chi connectivity index (χ2n) is 7.29. The van der Waals surface area contributed by atoms with Gasteiger partial charge in [-0.2, -0.15) is 0 Å². The number of hydrogen-bond acceptors (Lipinski definition) is 3. The molecule has 3 nitrogen and oxygen atoms in total. The minimum atomic E-state index is 0. The van der Waals surface area contributed by atoms with Crippen molar-refractivity contribution in [1.29, 1.82) is 0 Å². The Morgan fingerprint density at radius 2 is 1.57 bits per heavy atom. The van der Waals surface area contributed by atoms with Crippen LogP contribution in [0.25, 0.3) is 0 Å². The van der Waals surface area contributed by atoms with Crippen LogP contribution in [0.5, 0.6) is 0 Å². The first kappa shape index (κ1) is 17.5. The number of nitrogens with one attached hydrogen (secondary N) is 1. The quantitative estimate of drug-likeness (QED) is 0.841. The van der Waals surface area contributed by atoms with E-state index in [1.165, 1.54) is 97.3 Å². The zero-order valence-corrected chi connectivity index (χ0v) is 14.4. The fourth-order valence-electron chi connectivity index (χ4n) is 4.26. The van der Waals surface area contributed by atoms with Crippen LogP contribution in [0.1, 0.15) is 44.9 Å². The van der Waals surface area contributed by atoms with Crippen molar-refractivity contribution in [3.8, 4) is 0 Å². The van der Waals surface area contributed by atoms with Gasteiger partial charge in [-0.15, -0.1) is 12.4 Å². The minimum Gasteiger partial charge on any atom is -0.316 e. The fourth-order valence-corrected chi connectivity index (χ4v) is 4.26. The SMILES string of the molecule is C1CNCC(CCN2CCC(CN3CCCC3)CC2)C1.Cl. The Bertz CT molecular complexity index is 267. The highest BCUT2D eigenvalue weighted by Crippen LogP contribution is 2.22. The molecule has 3 saturated heterocycles. The highest BCUT2D eigenvalue weighted by Gasteiger charge is 2.23. The lowest BCUT2D eigenvalue weighted by atomic mass is 9.93. The predicted molar refractivity (Wildman–Crippen MR) is 92.3 cm³/mol. The summed E-state index contributed by atoms with van der Waals surface area (Å²) in [5.41, 5.74) is 0. The van der Waals surface area contributed by atoms with Gasteiger partial charge >= 0.3 is 0 Å². The number of hydrogen-bond donors (Lipinski definition) is 1. The van der Waals surface area contributed by atoms with Crippen LogP contribution in [0.4, 0.5) is 0 Å². The Morgan fingerprint density at radius 1 is 0.810 bits per heavy atom. The van der Waals surface area contributed by atoms with E-state index in [4.69, 9.17) is 0 Å². The van der Waals surface area contributed by atoms with Gasteiger partial charge in [0, 0.05) is 6.54 Å². The summed E-state index contributed by atoms with van der Waals surface area (Å²) in [7, 11) is 0. The van der Waals surface area contributed by atoms with Gasteiger partial charge in [0.2, 0.25) is 0 Å². The summed E-state index contributed by atoms with van der Waals surface area (Å²) < 4.78 is 0. The number of halogens is 1. The Morgan fingerprint density at radius 3 is 2.24 bits per heavy atom. The van der Waals surface area contributed by atoms with Crippen molar-refractivity contribution in [3.05, 3.63) is 0 Å². The summed E-state index contributed by atoms with van der Waals surface area (Å²) in [5.74, 6) is 1.94. The van der Waals surface area contributed by atoms with Gasteiger partial charge in [-0.25, -0.2) is 0 Å². The Balaban J connectivity index is 0.00000161. The van der Waals surface area contributed by atoms with Crippen molar-refractivity contribution in [2.24, 2.45) is 11.8 Å². The van der Waals surface area contributed by atoms with E-state index in [9.17, 15) is 0 Å². The molecule has 3 heterocycles. The van der Waals surface area contributed by atoms with E-state index in [-0.39, 0.29) is 12.4 Å². The molecular formula is C17H34ClN3. The third kappa shape index (κ3) is 5.70. The van der Waals surface area contributed by atoms with Gasteiger partial charge in [0.15, 0.2) is 0 Å². The maximum absolute atomic E-state index is 3.55. The molecule has 0 spiro atoms. The molecule has 0 bridgehead atoms. The highest BCUT2D eigenvalue weighted by atomic mass is 35.5. The van der Waals surface area contributed by atoms with E-state index < -0.39 is 0 Å². The second-order valence-corrected chi connectivity index (χ2v) is 7.29. The average Bonchev–Trinajstić information content (AvgIpc) is 3.01. The van der Waals surface area contributed by atoms with E-state index in [1.807, 2.05) is 0 Å². The maximum atomic E-state index is 3.55. The molecule has 1 N–H and O–H groups in total. The molecule has 0 aromatic carbocycles. The predicted octanol–water partition coefficient (Wildman–Crippen LogP) is 2.61. The van der Waals surface area contributed by atoms with Crippen molar-refractivity contribution in [1.82, 2.24) is 15.1 Å². The summed E-state index contributed by atoms with van der Waals surface area (Å²) in [4.78, 5) is 5.43. The molecule has 3 aliphatic rings. The molecule has 3 aliphatic heterocycles. The molecule has 0 amide bonds. The van der Waals surface area contributed by atoms with Gasteiger partial charge in [0.25, 0.3) is 0 Å². The molecular weight excluding hydrogens is 282 g/mol. The smallest absolute Gasteiger partial charge is 0.00106 e. The Labute approximate surface area is 137 Å². The van der Waals surface area contributed by atoms with E-state index in [1.54, 1.807) is 0 Å². The molecule has 0 aromatic rings. The van der Waals surface area contributed by atoms with Gasteiger partial charge in [-0.1, -0.05) is 0 Å². The van der Waals surface area contributed by atoms with Crippen molar-refractivity contribution >= 4 is 12.4 Å². The lowest BCUT2D eigenvalue weighted by Crippen LogP contribution is -2.39. The average molecular weight is 316 g/mol. The van der Waals surface area contributed by atoms with E-state index in [0.717, 1.165) is 11.8 Å². The summed E-state index contributed by atoms with van der Waals surface area (Å²) in [6.45, 7) is 10.7. The maximum Gasteiger partial charge on any atom is 0.00106 e. The second kappa shape index (κ2) is 9.34. The molecule has 4 heteroatoms. The third-order valence-corrected chi connectivity index (χ3v) is 5.67. The largest absolute Gasteiger partial charge is 0.316 e. The van der Waals surface area contributed by atoms with E-state index >= 15 is 0 Å². The zero-order chi connectivity index (χ0) is 13.6. The van der Waals surface area contributed by atoms with Crippen LogP contribution in [0, 0.1) is 11.8 Å². The van der Waals surface area contributed by atoms with Crippen molar-refractivity contribution < 1.29 is 0 Å². The van der Waals surface area contributed by atoms with Gasteiger partial charge in [-0.3, -0.25) is 0 Å². The topological polar surface area (TPSA) is 18.5 Å². The van der Waals surface area contributed by atoms with Crippen LogP contribution >= 0.6 is 12.4 Å². The summed E-state index contributed by atoms with van der Waals surface area (Å²) in [5, 5.41) is 3.55. The molecule has 0 saturated carbocycles. The molecule has 1 unspecified atom stereocenters. The van der Waals surface area contributed by atoms with Crippen LogP contribution in [0.3, 0.4) is 0 Å². The Hall–Kier alpha value is 0.170. The van der Waals surface area contributed by atoms with Gasteiger partial charge < -0.3 is 15.1 Å². The Kier molecular flexibility index (Phi) is 7.79. The van der Waals surface area contributed by atoms with Crippen LogP contribution in [-0.2, 0) is 0 Å². The molecule has 3 fully saturated rings. The summed E-state index contributed by atoms with van der Waals surface area (Å²) in [6.07, 6.45) is 10.0. The lowest BCUT2D eigenvalue weighted by molar-refractivity contribution is 0.145. The summed E-state index contributed by atoms with van der Waals surface area (Å²) >= 11 is 0. The molecule has 3 rings (SSSR count). The van der Waals surface area contributed by atoms with Gasteiger partial charge in [0.05, 0.1) is 0 Å². The van der Waals surface area contributed by atoms with Crippen molar-refractivity contribution in [2.45, 2.75) is 44.9 Å². The van der Waals surface area contributed by atoms with Crippen molar-refractivity contribution in [3.63, 3.8) is 0 Å². The zero-order valence-electron chi connectivity index (χ0n) is 13.6. The van der Waals surface area contributed by atoms with Crippen LogP contribution in [-0.4, -0.2) is 62.2 Å². The fraction of sp³-hybridized carbons (Fsp3) is 1.00. The first-order valence-corrected chi connectivity index (χ1v) is 9.05. The first-order valence-electron chi connectivity index (χ1n) is 9.05. The van der Waals surface area contributed by atoms with E-state index in [2.05, 4.69) is 15.1 Å².